The summed E-state index contributed by atoms with van der Waals surface area (Å²) in [6.45, 7) is 7.59. The molecule has 112 valence electrons. The van der Waals surface area contributed by atoms with Crippen LogP contribution in [0.4, 0.5) is 11.8 Å². The van der Waals surface area contributed by atoms with Crippen LogP contribution >= 0.6 is 0 Å². The van der Waals surface area contributed by atoms with Gasteiger partial charge < -0.3 is 16.2 Å². The van der Waals surface area contributed by atoms with Crippen molar-refractivity contribution in [1.29, 1.82) is 0 Å². The molecule has 0 fully saturated rings. The Kier molecular flexibility index (Phi) is 4.23. The van der Waals surface area contributed by atoms with Crippen LogP contribution in [-0.2, 0) is 7.05 Å². The Morgan fingerprint density at radius 3 is 2.67 bits per heavy atom. The van der Waals surface area contributed by atoms with E-state index in [0.717, 1.165) is 0 Å². The average molecular weight is 288 g/mol. The van der Waals surface area contributed by atoms with Gasteiger partial charge in [-0.05, 0) is 12.8 Å². The highest BCUT2D eigenvalue weighted by atomic mass is 16.3. The number of fused-ring (bicyclic) bond motifs is 1. The first-order valence-electron chi connectivity index (χ1n) is 6.62. The van der Waals surface area contributed by atoms with E-state index in [1.165, 1.54) is 0 Å². The molecule has 0 atom stereocenters. The molecule has 0 radical (unpaired) electrons. The first-order valence-corrected chi connectivity index (χ1v) is 6.62. The SMILES string of the molecule is C=CCC(O)(CC=C)CNc1nc(N)c2cnn(C)c2n1. The van der Waals surface area contributed by atoms with Crippen LogP contribution in [0, 0.1) is 0 Å². The van der Waals surface area contributed by atoms with Crippen molar-refractivity contribution in [2.24, 2.45) is 7.05 Å². The van der Waals surface area contributed by atoms with E-state index >= 15 is 0 Å². The van der Waals surface area contributed by atoms with E-state index in [2.05, 4.69) is 33.5 Å². The van der Waals surface area contributed by atoms with E-state index in [1.807, 2.05) is 0 Å². The van der Waals surface area contributed by atoms with Gasteiger partial charge in [-0.15, -0.1) is 13.2 Å². The van der Waals surface area contributed by atoms with Gasteiger partial charge in [0.25, 0.3) is 0 Å². The fourth-order valence-corrected chi connectivity index (χ4v) is 2.13. The molecule has 4 N–H and O–H groups in total. The lowest BCUT2D eigenvalue weighted by molar-refractivity contribution is 0.0598. The largest absolute Gasteiger partial charge is 0.387 e. The molecule has 0 spiro atoms. The lowest BCUT2D eigenvalue weighted by Gasteiger charge is -2.25. The number of hydrogen-bond donors (Lipinski definition) is 3. The molecule has 2 aromatic heterocycles. The fraction of sp³-hybridized carbons (Fsp3) is 0.357. The van der Waals surface area contributed by atoms with Crippen LogP contribution in [0.2, 0.25) is 0 Å². The second-order valence-electron chi connectivity index (χ2n) is 5.00. The Hall–Kier alpha value is -2.41. The predicted octanol–water partition coefficient (Wildman–Crippen LogP) is 1.24. The van der Waals surface area contributed by atoms with E-state index in [9.17, 15) is 5.11 Å². The van der Waals surface area contributed by atoms with E-state index in [4.69, 9.17) is 5.73 Å². The normalized spacial score (nSPS) is 11.5. The fourth-order valence-electron chi connectivity index (χ4n) is 2.13. The quantitative estimate of drug-likeness (QED) is 0.663. The molecule has 7 heteroatoms. The smallest absolute Gasteiger partial charge is 0.226 e. The van der Waals surface area contributed by atoms with E-state index in [0.29, 0.717) is 35.6 Å². The molecule has 0 saturated heterocycles. The van der Waals surface area contributed by atoms with E-state index < -0.39 is 5.60 Å². The molecule has 0 aromatic carbocycles. The summed E-state index contributed by atoms with van der Waals surface area (Å²) in [5, 5.41) is 18.3. The number of nitrogens with zero attached hydrogens (tertiary/aromatic N) is 4. The summed E-state index contributed by atoms with van der Waals surface area (Å²) < 4.78 is 1.62. The van der Waals surface area contributed by atoms with Gasteiger partial charge in [0.1, 0.15) is 5.82 Å². The maximum absolute atomic E-state index is 10.5. The topological polar surface area (TPSA) is 102 Å². The molecular formula is C14H20N6O. The van der Waals surface area contributed by atoms with Crippen LogP contribution in [0.3, 0.4) is 0 Å². The number of nitrogens with two attached hydrogens (primary N) is 1. The highest BCUT2D eigenvalue weighted by molar-refractivity contribution is 5.86. The van der Waals surface area contributed by atoms with Crippen LogP contribution < -0.4 is 11.1 Å². The van der Waals surface area contributed by atoms with Crippen LogP contribution in [0.1, 0.15) is 12.8 Å². The number of nitrogen functional groups attached to an aromatic ring is 1. The van der Waals surface area contributed by atoms with Gasteiger partial charge in [-0.1, -0.05) is 12.2 Å². The standard InChI is InChI=1S/C14H20N6O/c1-4-6-14(21,7-5-2)9-16-13-18-11(15)10-8-17-20(3)12(10)19-13/h4-5,8,21H,1-2,6-7,9H2,3H3,(H3,15,16,18,19). The van der Waals surface area contributed by atoms with Crippen molar-refractivity contribution in [3.05, 3.63) is 31.5 Å². The highest BCUT2D eigenvalue weighted by Gasteiger charge is 2.24. The third kappa shape index (κ3) is 3.19. The Balaban J connectivity index is 2.21. The zero-order valence-electron chi connectivity index (χ0n) is 12.1. The minimum Gasteiger partial charge on any atom is -0.387 e. The Morgan fingerprint density at radius 2 is 2.05 bits per heavy atom. The summed E-state index contributed by atoms with van der Waals surface area (Å²) in [4.78, 5) is 8.53. The highest BCUT2D eigenvalue weighted by Crippen LogP contribution is 2.20. The molecule has 7 nitrogen and oxygen atoms in total. The van der Waals surface area contributed by atoms with Crippen molar-refractivity contribution in [2.45, 2.75) is 18.4 Å². The van der Waals surface area contributed by atoms with Gasteiger partial charge in [-0.3, -0.25) is 4.68 Å². The summed E-state index contributed by atoms with van der Waals surface area (Å²) in [5.41, 5.74) is 5.56. The summed E-state index contributed by atoms with van der Waals surface area (Å²) in [6, 6.07) is 0. The molecule has 2 heterocycles. The molecule has 21 heavy (non-hydrogen) atoms. The molecule has 2 aromatic rings. The van der Waals surface area contributed by atoms with Gasteiger partial charge in [0.2, 0.25) is 5.95 Å². The summed E-state index contributed by atoms with van der Waals surface area (Å²) in [5.74, 6) is 0.710. The Morgan fingerprint density at radius 1 is 1.38 bits per heavy atom. The lowest BCUT2D eigenvalue weighted by Crippen LogP contribution is -2.36. The minimum atomic E-state index is -0.969. The third-order valence-electron chi connectivity index (χ3n) is 3.25. The number of anilines is 2. The first kappa shape index (κ1) is 15.0. The Labute approximate surface area is 123 Å². The average Bonchev–Trinajstić information content (AvgIpc) is 2.80. The van der Waals surface area contributed by atoms with Crippen molar-refractivity contribution in [3.63, 3.8) is 0 Å². The predicted molar refractivity (Wildman–Crippen MR) is 83.8 cm³/mol. The molecular weight excluding hydrogens is 268 g/mol. The van der Waals surface area contributed by atoms with E-state index in [-0.39, 0.29) is 6.54 Å². The van der Waals surface area contributed by atoms with E-state index in [1.54, 1.807) is 30.1 Å². The number of rotatable bonds is 7. The van der Waals surface area contributed by atoms with Crippen LogP contribution in [0.5, 0.6) is 0 Å². The number of nitrogens with one attached hydrogen (secondary N) is 1. The van der Waals surface area contributed by atoms with Crippen LogP contribution in [0.25, 0.3) is 11.0 Å². The third-order valence-corrected chi connectivity index (χ3v) is 3.25. The molecule has 2 rings (SSSR count). The summed E-state index contributed by atoms with van der Waals surface area (Å²) in [6.07, 6.45) is 5.85. The van der Waals surface area contributed by atoms with Crippen molar-refractivity contribution < 1.29 is 5.11 Å². The second-order valence-corrected chi connectivity index (χ2v) is 5.00. The zero-order valence-corrected chi connectivity index (χ0v) is 12.1. The maximum Gasteiger partial charge on any atom is 0.226 e. The number of aromatic nitrogens is 4. The van der Waals surface area contributed by atoms with Crippen molar-refractivity contribution >= 4 is 22.8 Å². The van der Waals surface area contributed by atoms with Gasteiger partial charge in [0.05, 0.1) is 17.2 Å². The Bertz CT molecular complexity index is 653. The summed E-state index contributed by atoms with van der Waals surface area (Å²) in [7, 11) is 1.78. The van der Waals surface area contributed by atoms with Gasteiger partial charge in [-0.2, -0.15) is 15.1 Å². The molecule has 0 bridgehead atoms. The van der Waals surface area contributed by atoms with Crippen LogP contribution in [0.15, 0.2) is 31.5 Å². The van der Waals surface area contributed by atoms with Gasteiger partial charge in [0, 0.05) is 13.6 Å². The van der Waals surface area contributed by atoms with Crippen molar-refractivity contribution in [2.75, 3.05) is 17.6 Å². The minimum absolute atomic E-state index is 0.272. The second kappa shape index (κ2) is 5.92. The lowest BCUT2D eigenvalue weighted by atomic mass is 9.95. The molecule has 0 aliphatic carbocycles. The van der Waals surface area contributed by atoms with Gasteiger partial charge in [0.15, 0.2) is 5.65 Å². The monoisotopic (exact) mass is 288 g/mol. The molecule has 0 aliphatic heterocycles. The molecule has 0 saturated carbocycles. The van der Waals surface area contributed by atoms with Gasteiger partial charge >= 0.3 is 0 Å². The number of aliphatic hydroxyl groups is 1. The number of aryl methyl sites for hydroxylation is 1. The number of hydrogen-bond acceptors (Lipinski definition) is 6. The van der Waals surface area contributed by atoms with Crippen molar-refractivity contribution in [3.8, 4) is 0 Å². The maximum atomic E-state index is 10.5. The van der Waals surface area contributed by atoms with Crippen LogP contribution in [-0.4, -0.2) is 37.0 Å². The van der Waals surface area contributed by atoms with Crippen molar-refractivity contribution in [1.82, 2.24) is 19.7 Å². The molecule has 0 unspecified atom stereocenters. The summed E-state index contributed by atoms with van der Waals surface area (Å²) >= 11 is 0. The molecule has 0 aliphatic rings. The first-order chi connectivity index (χ1) is 9.99. The molecule has 0 amide bonds. The zero-order chi connectivity index (χ0) is 15.5. The van der Waals surface area contributed by atoms with Gasteiger partial charge in [-0.25, -0.2) is 0 Å².